The van der Waals surface area contributed by atoms with Crippen molar-refractivity contribution in [2.75, 3.05) is 6.54 Å². The smallest absolute Gasteiger partial charge is 0.146 e. The van der Waals surface area contributed by atoms with Gasteiger partial charge in [-0.1, -0.05) is 40.5 Å². The van der Waals surface area contributed by atoms with Gasteiger partial charge in [-0.2, -0.15) is 0 Å². The zero-order valence-corrected chi connectivity index (χ0v) is 13.8. The van der Waals surface area contributed by atoms with E-state index in [0.29, 0.717) is 10.8 Å². The zero-order valence-electron chi connectivity index (χ0n) is 11.5. The first kappa shape index (κ1) is 15.4. The molecule has 1 unspecified atom stereocenters. The molecule has 0 aliphatic carbocycles. The van der Waals surface area contributed by atoms with Crippen molar-refractivity contribution < 1.29 is 4.74 Å². The van der Waals surface area contributed by atoms with Crippen molar-refractivity contribution in [3.63, 3.8) is 0 Å². The van der Waals surface area contributed by atoms with Crippen molar-refractivity contribution >= 4 is 27.5 Å². The van der Waals surface area contributed by atoms with Crippen LogP contribution in [0.1, 0.15) is 25.5 Å². The summed E-state index contributed by atoms with van der Waals surface area (Å²) in [6.07, 6.45) is 0. The van der Waals surface area contributed by atoms with Gasteiger partial charge in [-0.3, -0.25) is 0 Å². The Labute approximate surface area is 133 Å². The quantitative estimate of drug-likeness (QED) is 0.758. The third kappa shape index (κ3) is 3.98. The SMILES string of the molecule is CCNC(C)c1ccc(Oc2ccc(Br)cc2)c(Cl)c1. The van der Waals surface area contributed by atoms with E-state index >= 15 is 0 Å². The van der Waals surface area contributed by atoms with Crippen LogP contribution in [0, 0.1) is 0 Å². The van der Waals surface area contributed by atoms with Crippen LogP contribution in [0.4, 0.5) is 0 Å². The second kappa shape index (κ2) is 7.11. The van der Waals surface area contributed by atoms with E-state index in [-0.39, 0.29) is 6.04 Å². The molecule has 2 rings (SSSR count). The van der Waals surface area contributed by atoms with E-state index in [4.69, 9.17) is 16.3 Å². The summed E-state index contributed by atoms with van der Waals surface area (Å²) in [5.41, 5.74) is 1.15. The Morgan fingerprint density at radius 1 is 1.20 bits per heavy atom. The minimum absolute atomic E-state index is 0.277. The minimum atomic E-state index is 0.277. The summed E-state index contributed by atoms with van der Waals surface area (Å²) >= 11 is 9.69. The molecular formula is C16H17BrClNO. The van der Waals surface area contributed by atoms with Gasteiger partial charge in [-0.15, -0.1) is 0 Å². The Hall–Kier alpha value is -1.03. The van der Waals surface area contributed by atoms with E-state index < -0.39 is 0 Å². The molecule has 2 aromatic carbocycles. The fraction of sp³-hybridized carbons (Fsp3) is 0.250. The van der Waals surface area contributed by atoms with E-state index in [1.807, 2.05) is 42.5 Å². The molecule has 0 aliphatic heterocycles. The predicted octanol–water partition coefficient (Wildman–Crippen LogP) is 5.57. The Bertz CT molecular complexity index is 571. The third-order valence-corrected chi connectivity index (χ3v) is 3.83. The number of rotatable bonds is 5. The molecule has 2 nitrogen and oxygen atoms in total. The topological polar surface area (TPSA) is 21.3 Å². The summed E-state index contributed by atoms with van der Waals surface area (Å²) < 4.78 is 6.80. The van der Waals surface area contributed by atoms with Gasteiger partial charge in [0.15, 0.2) is 0 Å². The predicted molar refractivity (Wildman–Crippen MR) is 87.8 cm³/mol. The van der Waals surface area contributed by atoms with Crippen LogP contribution in [0.2, 0.25) is 5.02 Å². The Balaban J connectivity index is 2.15. The van der Waals surface area contributed by atoms with Crippen molar-refractivity contribution in [2.45, 2.75) is 19.9 Å². The number of nitrogens with one attached hydrogen (secondary N) is 1. The van der Waals surface area contributed by atoms with Crippen LogP contribution in [-0.4, -0.2) is 6.54 Å². The molecular weight excluding hydrogens is 338 g/mol. The lowest BCUT2D eigenvalue weighted by atomic mass is 10.1. The third-order valence-electron chi connectivity index (χ3n) is 3.01. The maximum Gasteiger partial charge on any atom is 0.146 e. The van der Waals surface area contributed by atoms with E-state index in [2.05, 4.69) is 35.1 Å². The van der Waals surface area contributed by atoms with Crippen LogP contribution >= 0.6 is 27.5 Å². The van der Waals surface area contributed by atoms with Gasteiger partial charge in [0.25, 0.3) is 0 Å². The number of hydrogen-bond acceptors (Lipinski definition) is 2. The largest absolute Gasteiger partial charge is 0.456 e. The highest BCUT2D eigenvalue weighted by molar-refractivity contribution is 9.10. The van der Waals surface area contributed by atoms with Gasteiger partial charge in [0.05, 0.1) is 5.02 Å². The van der Waals surface area contributed by atoms with Crippen molar-refractivity contribution in [1.82, 2.24) is 5.32 Å². The molecule has 2 aromatic rings. The number of hydrogen-bond donors (Lipinski definition) is 1. The molecule has 0 amide bonds. The number of halogens is 2. The molecule has 4 heteroatoms. The van der Waals surface area contributed by atoms with Crippen LogP contribution < -0.4 is 10.1 Å². The molecule has 0 bridgehead atoms. The molecule has 0 saturated heterocycles. The fourth-order valence-corrected chi connectivity index (χ4v) is 2.41. The summed E-state index contributed by atoms with van der Waals surface area (Å²) in [4.78, 5) is 0. The van der Waals surface area contributed by atoms with Gasteiger partial charge in [0.1, 0.15) is 11.5 Å². The van der Waals surface area contributed by atoms with Gasteiger partial charge in [-0.25, -0.2) is 0 Å². The highest BCUT2D eigenvalue weighted by atomic mass is 79.9. The van der Waals surface area contributed by atoms with Gasteiger partial charge in [0.2, 0.25) is 0 Å². The Kier molecular flexibility index (Phi) is 5.46. The van der Waals surface area contributed by atoms with Crippen LogP contribution in [0.3, 0.4) is 0 Å². The molecule has 0 saturated carbocycles. The first-order valence-electron chi connectivity index (χ1n) is 6.56. The van der Waals surface area contributed by atoms with Crippen LogP contribution in [0.5, 0.6) is 11.5 Å². The average molecular weight is 355 g/mol. The first-order valence-corrected chi connectivity index (χ1v) is 7.73. The molecule has 20 heavy (non-hydrogen) atoms. The lowest BCUT2D eigenvalue weighted by molar-refractivity contribution is 0.482. The Morgan fingerprint density at radius 2 is 1.90 bits per heavy atom. The van der Waals surface area contributed by atoms with Gasteiger partial charge in [0, 0.05) is 10.5 Å². The maximum absolute atomic E-state index is 6.29. The lowest BCUT2D eigenvalue weighted by Gasteiger charge is -2.14. The van der Waals surface area contributed by atoms with Crippen LogP contribution in [-0.2, 0) is 0 Å². The van der Waals surface area contributed by atoms with Crippen LogP contribution in [0.25, 0.3) is 0 Å². The van der Waals surface area contributed by atoms with Crippen LogP contribution in [0.15, 0.2) is 46.9 Å². The summed E-state index contributed by atoms with van der Waals surface area (Å²) in [5.74, 6) is 1.43. The minimum Gasteiger partial charge on any atom is -0.456 e. The van der Waals surface area contributed by atoms with E-state index in [9.17, 15) is 0 Å². The highest BCUT2D eigenvalue weighted by Gasteiger charge is 2.08. The average Bonchev–Trinajstić information content (AvgIpc) is 2.43. The molecule has 106 valence electrons. The van der Waals surface area contributed by atoms with Crippen molar-refractivity contribution in [3.8, 4) is 11.5 Å². The molecule has 0 heterocycles. The van der Waals surface area contributed by atoms with E-state index in [1.54, 1.807) is 0 Å². The normalized spacial score (nSPS) is 12.2. The molecule has 0 aliphatic rings. The van der Waals surface area contributed by atoms with Gasteiger partial charge in [-0.05, 0) is 55.4 Å². The summed E-state index contributed by atoms with van der Waals surface area (Å²) in [5, 5.41) is 3.98. The second-order valence-corrected chi connectivity index (χ2v) is 5.85. The summed E-state index contributed by atoms with van der Waals surface area (Å²) in [7, 11) is 0. The highest BCUT2D eigenvalue weighted by Crippen LogP contribution is 2.32. The molecule has 0 fully saturated rings. The van der Waals surface area contributed by atoms with E-state index in [1.165, 1.54) is 0 Å². The monoisotopic (exact) mass is 353 g/mol. The lowest BCUT2D eigenvalue weighted by Crippen LogP contribution is -2.17. The fourth-order valence-electron chi connectivity index (χ4n) is 1.92. The first-order chi connectivity index (χ1) is 9.60. The van der Waals surface area contributed by atoms with Gasteiger partial charge >= 0.3 is 0 Å². The van der Waals surface area contributed by atoms with Gasteiger partial charge < -0.3 is 10.1 Å². The maximum atomic E-state index is 6.29. The Morgan fingerprint density at radius 3 is 2.50 bits per heavy atom. The summed E-state index contributed by atoms with van der Waals surface area (Å²) in [6, 6.07) is 13.8. The molecule has 0 spiro atoms. The molecule has 1 N–H and O–H groups in total. The van der Waals surface area contributed by atoms with E-state index in [0.717, 1.165) is 22.3 Å². The number of benzene rings is 2. The van der Waals surface area contributed by atoms with Crippen molar-refractivity contribution in [3.05, 3.63) is 57.5 Å². The standard InChI is InChI=1S/C16H17BrClNO/c1-3-19-11(2)12-4-9-16(15(18)10-12)20-14-7-5-13(17)6-8-14/h4-11,19H,3H2,1-2H3. The van der Waals surface area contributed by atoms with Crippen molar-refractivity contribution in [1.29, 1.82) is 0 Å². The summed E-state index contributed by atoms with van der Waals surface area (Å²) in [6.45, 7) is 5.13. The zero-order chi connectivity index (χ0) is 14.5. The molecule has 0 radical (unpaired) electrons. The molecule has 0 aromatic heterocycles. The second-order valence-electron chi connectivity index (χ2n) is 4.53. The molecule has 1 atom stereocenters. The van der Waals surface area contributed by atoms with Crippen molar-refractivity contribution in [2.24, 2.45) is 0 Å². The number of ether oxygens (including phenoxy) is 1.